The quantitative estimate of drug-likeness (QED) is 0.535. The van der Waals surface area contributed by atoms with Gasteiger partial charge in [0.2, 0.25) is 0 Å². The van der Waals surface area contributed by atoms with E-state index in [1.165, 1.54) is 0 Å². The Labute approximate surface area is 85.8 Å². The van der Waals surface area contributed by atoms with Crippen LogP contribution in [-0.2, 0) is 0 Å². The molecule has 0 radical (unpaired) electrons. The van der Waals surface area contributed by atoms with Crippen LogP contribution in [0.3, 0.4) is 0 Å². The van der Waals surface area contributed by atoms with E-state index in [1.54, 1.807) is 0 Å². The lowest BCUT2D eigenvalue weighted by Gasteiger charge is -2.18. The molecule has 1 unspecified atom stereocenters. The maximum atomic E-state index is 5.18. The van der Waals surface area contributed by atoms with Crippen molar-refractivity contribution in [2.75, 3.05) is 0 Å². The fourth-order valence-corrected chi connectivity index (χ4v) is 1.66. The highest BCUT2D eigenvalue weighted by atomic mass is 32.1. The Morgan fingerprint density at radius 3 is 2.69 bits per heavy atom. The predicted octanol–water partition coefficient (Wildman–Crippen LogP) is 1.97. The van der Waals surface area contributed by atoms with Crippen molar-refractivity contribution in [1.82, 2.24) is 10.6 Å². The van der Waals surface area contributed by atoms with Gasteiger partial charge in [0.1, 0.15) is 0 Å². The number of rotatable bonds is 3. The molecule has 1 atom stereocenters. The lowest BCUT2D eigenvalue weighted by Crippen LogP contribution is -2.44. The second-order valence-corrected chi connectivity index (χ2v) is 3.98. The standard InChI is InChI=1S/C10H18N2S/c1-3-8(2)11-10(13)12-9-6-4-5-7-9/h4-5,8-9H,3,6-7H2,1-2H3,(H2,11,12,13). The van der Waals surface area contributed by atoms with Gasteiger partial charge in [-0.15, -0.1) is 0 Å². The fraction of sp³-hybridized carbons (Fsp3) is 0.700. The second-order valence-electron chi connectivity index (χ2n) is 3.57. The van der Waals surface area contributed by atoms with E-state index in [-0.39, 0.29) is 0 Å². The van der Waals surface area contributed by atoms with E-state index in [0.29, 0.717) is 12.1 Å². The van der Waals surface area contributed by atoms with Crippen molar-refractivity contribution in [2.24, 2.45) is 0 Å². The van der Waals surface area contributed by atoms with Crippen molar-refractivity contribution < 1.29 is 0 Å². The summed E-state index contributed by atoms with van der Waals surface area (Å²) in [6.07, 6.45) is 7.70. The molecule has 3 heteroatoms. The van der Waals surface area contributed by atoms with Crippen molar-refractivity contribution >= 4 is 17.3 Å². The summed E-state index contributed by atoms with van der Waals surface area (Å²) in [5.41, 5.74) is 0. The molecule has 0 bridgehead atoms. The number of hydrogen-bond donors (Lipinski definition) is 2. The zero-order valence-electron chi connectivity index (χ0n) is 8.34. The molecule has 1 aliphatic carbocycles. The van der Waals surface area contributed by atoms with Crippen molar-refractivity contribution in [3.63, 3.8) is 0 Å². The number of thiocarbonyl (C=S) groups is 1. The number of nitrogens with one attached hydrogen (secondary N) is 2. The molecule has 0 spiro atoms. The van der Waals surface area contributed by atoms with Crippen LogP contribution in [0, 0.1) is 0 Å². The van der Waals surface area contributed by atoms with Crippen molar-refractivity contribution in [2.45, 2.75) is 45.2 Å². The van der Waals surface area contributed by atoms with Crippen molar-refractivity contribution in [3.8, 4) is 0 Å². The fourth-order valence-electron chi connectivity index (χ4n) is 1.29. The number of hydrogen-bond acceptors (Lipinski definition) is 1. The van der Waals surface area contributed by atoms with Crippen LogP contribution in [0.2, 0.25) is 0 Å². The average molecular weight is 198 g/mol. The third kappa shape index (κ3) is 3.77. The third-order valence-corrected chi connectivity index (χ3v) is 2.57. The van der Waals surface area contributed by atoms with Crippen LogP contribution in [-0.4, -0.2) is 17.2 Å². The van der Waals surface area contributed by atoms with Gasteiger partial charge in [-0.05, 0) is 38.4 Å². The maximum Gasteiger partial charge on any atom is 0.166 e. The molecule has 2 N–H and O–H groups in total. The topological polar surface area (TPSA) is 24.1 Å². The lowest BCUT2D eigenvalue weighted by atomic mass is 10.2. The molecule has 1 aliphatic rings. The molecule has 0 saturated heterocycles. The Morgan fingerprint density at radius 1 is 1.54 bits per heavy atom. The first kappa shape index (κ1) is 10.5. The summed E-state index contributed by atoms with van der Waals surface area (Å²) >= 11 is 5.18. The van der Waals surface area contributed by atoms with E-state index in [4.69, 9.17) is 12.2 Å². The molecule has 2 nitrogen and oxygen atoms in total. The summed E-state index contributed by atoms with van der Waals surface area (Å²) < 4.78 is 0. The summed E-state index contributed by atoms with van der Waals surface area (Å²) in [5, 5.41) is 7.35. The van der Waals surface area contributed by atoms with Crippen LogP contribution in [0.25, 0.3) is 0 Å². The Morgan fingerprint density at radius 2 is 2.15 bits per heavy atom. The third-order valence-electron chi connectivity index (χ3n) is 2.33. The molecule has 0 aromatic carbocycles. The monoisotopic (exact) mass is 198 g/mol. The minimum Gasteiger partial charge on any atom is -0.360 e. The van der Waals surface area contributed by atoms with E-state index in [2.05, 4.69) is 36.6 Å². The first-order chi connectivity index (χ1) is 6.22. The summed E-state index contributed by atoms with van der Waals surface area (Å²) in [7, 11) is 0. The Balaban J connectivity index is 2.17. The van der Waals surface area contributed by atoms with Gasteiger partial charge < -0.3 is 10.6 Å². The smallest absolute Gasteiger partial charge is 0.166 e. The molecule has 0 fully saturated rings. The maximum absolute atomic E-state index is 5.18. The normalized spacial score (nSPS) is 18.6. The van der Waals surface area contributed by atoms with Crippen molar-refractivity contribution in [1.29, 1.82) is 0 Å². The van der Waals surface area contributed by atoms with E-state index in [1.807, 2.05) is 0 Å². The molecule has 0 amide bonds. The Hall–Kier alpha value is -0.570. The molecule has 13 heavy (non-hydrogen) atoms. The van der Waals surface area contributed by atoms with Gasteiger partial charge in [0.05, 0.1) is 0 Å². The molecule has 0 saturated carbocycles. The minimum atomic E-state index is 0.467. The molecular formula is C10H18N2S. The molecule has 0 heterocycles. The lowest BCUT2D eigenvalue weighted by molar-refractivity contribution is 0.598. The second kappa shape index (κ2) is 5.22. The first-order valence-electron chi connectivity index (χ1n) is 4.94. The van der Waals surface area contributed by atoms with Gasteiger partial charge in [0, 0.05) is 12.1 Å². The Kier molecular flexibility index (Phi) is 4.22. The summed E-state index contributed by atoms with van der Waals surface area (Å²) in [6.45, 7) is 4.29. The summed E-state index contributed by atoms with van der Waals surface area (Å²) in [5.74, 6) is 0. The zero-order chi connectivity index (χ0) is 9.68. The van der Waals surface area contributed by atoms with E-state index < -0.39 is 0 Å². The molecule has 0 aromatic heterocycles. The van der Waals surface area contributed by atoms with Gasteiger partial charge in [0.25, 0.3) is 0 Å². The van der Waals surface area contributed by atoms with Crippen LogP contribution < -0.4 is 10.6 Å². The van der Waals surface area contributed by atoms with Gasteiger partial charge in [-0.25, -0.2) is 0 Å². The molecule has 74 valence electrons. The van der Waals surface area contributed by atoms with Crippen LogP contribution in [0.1, 0.15) is 33.1 Å². The molecule has 1 rings (SSSR count). The van der Waals surface area contributed by atoms with Gasteiger partial charge >= 0.3 is 0 Å². The van der Waals surface area contributed by atoms with Gasteiger partial charge in [-0.2, -0.15) is 0 Å². The first-order valence-corrected chi connectivity index (χ1v) is 5.35. The van der Waals surface area contributed by atoms with E-state index >= 15 is 0 Å². The Bertz CT molecular complexity index is 193. The van der Waals surface area contributed by atoms with Crippen LogP contribution in [0.5, 0.6) is 0 Å². The average Bonchev–Trinajstić information content (AvgIpc) is 2.56. The summed E-state index contributed by atoms with van der Waals surface area (Å²) in [6, 6.07) is 0.985. The minimum absolute atomic E-state index is 0.467. The van der Waals surface area contributed by atoms with E-state index in [0.717, 1.165) is 24.4 Å². The zero-order valence-corrected chi connectivity index (χ0v) is 9.16. The highest BCUT2D eigenvalue weighted by Crippen LogP contribution is 2.08. The van der Waals surface area contributed by atoms with Crippen LogP contribution in [0.4, 0.5) is 0 Å². The van der Waals surface area contributed by atoms with Gasteiger partial charge in [0.15, 0.2) is 5.11 Å². The SMILES string of the molecule is CCC(C)NC(=S)NC1CC=CC1. The highest BCUT2D eigenvalue weighted by Gasteiger charge is 2.11. The largest absolute Gasteiger partial charge is 0.360 e. The van der Waals surface area contributed by atoms with E-state index in [9.17, 15) is 0 Å². The molecular weight excluding hydrogens is 180 g/mol. The summed E-state index contributed by atoms with van der Waals surface area (Å²) in [4.78, 5) is 0. The predicted molar refractivity (Wildman–Crippen MR) is 60.8 cm³/mol. The van der Waals surface area contributed by atoms with Gasteiger partial charge in [-0.3, -0.25) is 0 Å². The van der Waals surface area contributed by atoms with Crippen molar-refractivity contribution in [3.05, 3.63) is 12.2 Å². The molecule has 0 aromatic rings. The highest BCUT2D eigenvalue weighted by molar-refractivity contribution is 7.80. The van der Waals surface area contributed by atoms with Crippen LogP contribution in [0.15, 0.2) is 12.2 Å². The van der Waals surface area contributed by atoms with Crippen LogP contribution >= 0.6 is 12.2 Å². The molecule has 0 aliphatic heterocycles. The van der Waals surface area contributed by atoms with Gasteiger partial charge in [-0.1, -0.05) is 19.1 Å².